The fourth-order valence-corrected chi connectivity index (χ4v) is 3.88. The summed E-state index contributed by atoms with van der Waals surface area (Å²) in [5.74, 6) is -7.38. The number of benzene rings is 3. The Balaban J connectivity index is 0.000000362. The summed E-state index contributed by atoms with van der Waals surface area (Å²) in [6.45, 7) is -0.0684. The molecule has 4 aromatic rings. The predicted octanol–water partition coefficient (Wildman–Crippen LogP) is 4.12. The van der Waals surface area contributed by atoms with Crippen LogP contribution >= 0.6 is 11.3 Å². The van der Waals surface area contributed by atoms with Gasteiger partial charge in [0.1, 0.15) is 6.54 Å². The van der Waals surface area contributed by atoms with Gasteiger partial charge < -0.3 is 32.5 Å². The number of halogens is 6. The number of carboxylic acids is 3. The van der Waals surface area contributed by atoms with Gasteiger partial charge in [-0.15, -0.1) is 0 Å². The van der Waals surface area contributed by atoms with Crippen molar-refractivity contribution in [3.05, 3.63) is 89.5 Å². The van der Waals surface area contributed by atoms with Gasteiger partial charge in [-0.2, -0.15) is 26.3 Å². The average Bonchev–Trinajstić information content (AvgIpc) is 3.39. The van der Waals surface area contributed by atoms with Crippen LogP contribution in [0, 0.1) is 0 Å². The second-order valence-corrected chi connectivity index (χ2v) is 9.79. The van der Waals surface area contributed by atoms with Crippen LogP contribution < -0.4 is 22.1 Å². The minimum absolute atomic E-state index is 0.325. The van der Waals surface area contributed by atoms with E-state index in [9.17, 15) is 40.7 Å². The maximum Gasteiger partial charge on any atom is 0.490 e. The molecule has 0 radical (unpaired) electrons. The maximum absolute atomic E-state index is 12.6. The molecule has 0 saturated carbocycles. The molecule has 0 atom stereocenters. The first-order valence-corrected chi connectivity index (χ1v) is 13.4. The lowest BCUT2D eigenvalue weighted by Gasteiger charge is -2.21. The summed E-state index contributed by atoms with van der Waals surface area (Å²) in [6.07, 6.45) is -10.2. The number of hydrogen-bond acceptors (Lipinski definition) is 9. The van der Waals surface area contributed by atoms with Gasteiger partial charge in [-0.3, -0.25) is 19.3 Å². The Morgan fingerprint density at radius 3 is 1.77 bits per heavy atom. The van der Waals surface area contributed by atoms with Crippen molar-refractivity contribution in [3.8, 4) is 0 Å². The molecule has 0 aliphatic carbocycles. The molecule has 0 aliphatic rings. The van der Waals surface area contributed by atoms with Crippen LogP contribution in [0.2, 0.25) is 0 Å². The second kappa shape index (κ2) is 17.8. The third-order valence-electron chi connectivity index (χ3n) is 5.19. The van der Waals surface area contributed by atoms with Crippen LogP contribution in [0.1, 0.15) is 26.3 Å². The van der Waals surface area contributed by atoms with Gasteiger partial charge in [0.25, 0.3) is 5.91 Å². The number of aromatic nitrogens is 1. The normalized spacial score (nSPS) is 10.6. The Kier molecular flexibility index (Phi) is 14.9. The molecule has 4 rings (SSSR count). The number of aliphatic carboxylic acids is 3. The lowest BCUT2D eigenvalue weighted by atomic mass is 10.1. The van der Waals surface area contributed by atoms with Crippen molar-refractivity contribution in [1.82, 2.24) is 4.98 Å². The van der Waals surface area contributed by atoms with Crippen LogP contribution in [0.3, 0.4) is 0 Å². The van der Waals surface area contributed by atoms with Crippen molar-refractivity contribution in [1.29, 1.82) is 0 Å². The summed E-state index contributed by atoms with van der Waals surface area (Å²) in [6, 6.07) is 20.7. The van der Waals surface area contributed by atoms with Crippen molar-refractivity contribution in [3.63, 3.8) is 0 Å². The molecule has 0 spiro atoms. The van der Waals surface area contributed by atoms with Crippen molar-refractivity contribution in [2.75, 3.05) is 17.2 Å². The van der Waals surface area contributed by atoms with E-state index in [0.717, 1.165) is 15.8 Å². The Bertz CT molecular complexity index is 1710. The number of carboxylic acid groups (broad SMARTS) is 3. The highest BCUT2D eigenvalue weighted by Gasteiger charge is 2.38. The van der Waals surface area contributed by atoms with Gasteiger partial charge >= 0.3 is 30.3 Å². The molecule has 20 heteroatoms. The summed E-state index contributed by atoms with van der Waals surface area (Å²) in [5, 5.41) is 23.8. The van der Waals surface area contributed by atoms with E-state index in [2.05, 4.69) is 4.98 Å². The van der Waals surface area contributed by atoms with Gasteiger partial charge in [0.2, 0.25) is 5.91 Å². The first-order valence-electron chi connectivity index (χ1n) is 12.6. The van der Waals surface area contributed by atoms with E-state index < -0.39 is 42.7 Å². The predicted molar refractivity (Wildman–Crippen MR) is 160 cm³/mol. The number of primary amides is 1. The minimum atomic E-state index is -5.08. The Morgan fingerprint density at radius 2 is 1.31 bits per heavy atom. The highest BCUT2D eigenvalue weighted by Crippen LogP contribution is 2.24. The van der Waals surface area contributed by atoms with Gasteiger partial charge in [0, 0.05) is 23.4 Å². The quantitative estimate of drug-likeness (QED) is 0.156. The summed E-state index contributed by atoms with van der Waals surface area (Å²) in [7, 11) is 0. The lowest BCUT2D eigenvalue weighted by molar-refractivity contribution is -0.193. The number of nitrogens with zero attached hydrogens (tertiary/aromatic N) is 2. The second-order valence-electron chi connectivity index (χ2n) is 8.73. The minimum Gasteiger partial charge on any atom is -0.480 e. The van der Waals surface area contributed by atoms with E-state index in [4.69, 9.17) is 42.1 Å². The van der Waals surface area contributed by atoms with Crippen molar-refractivity contribution in [2.24, 2.45) is 11.5 Å². The van der Waals surface area contributed by atoms with Crippen LogP contribution in [-0.4, -0.2) is 68.9 Å². The molecular weight excluding hydrogens is 680 g/mol. The highest BCUT2D eigenvalue weighted by atomic mass is 32.1. The third kappa shape index (κ3) is 13.7. The van der Waals surface area contributed by atoms with E-state index in [0.29, 0.717) is 28.5 Å². The summed E-state index contributed by atoms with van der Waals surface area (Å²) in [5.41, 5.74) is 19.3. The number of fused-ring (bicyclic) bond motifs is 1. The number of alkyl halides is 6. The number of thiazole rings is 1. The number of carbonyl (C=O) groups excluding carboxylic acids is 2. The number of nitrogen functional groups attached to an aromatic ring is 1. The van der Waals surface area contributed by atoms with Gasteiger partial charge in [-0.25, -0.2) is 14.6 Å². The molecule has 2 amide bonds. The lowest BCUT2D eigenvalue weighted by Crippen LogP contribution is -2.35. The molecular formula is C28H25F6N5O8S. The number of hydrogen-bond donors (Lipinski definition) is 6. The fraction of sp³-hybridized carbons (Fsp3) is 0.143. The van der Waals surface area contributed by atoms with Crippen LogP contribution in [0.4, 0.5) is 37.2 Å². The molecule has 0 unspecified atom stereocenters. The van der Waals surface area contributed by atoms with E-state index in [1.54, 1.807) is 60.7 Å². The molecule has 3 aromatic carbocycles. The molecule has 258 valence electrons. The Hall–Kier alpha value is -5.76. The van der Waals surface area contributed by atoms with E-state index in [1.165, 1.54) is 16.2 Å². The third-order valence-corrected chi connectivity index (χ3v) is 6.04. The highest BCUT2D eigenvalue weighted by molar-refractivity contribution is 7.22. The number of carbonyl (C=O) groups is 5. The first kappa shape index (κ1) is 40.3. The monoisotopic (exact) mass is 705 g/mol. The molecule has 0 fully saturated rings. The summed E-state index contributed by atoms with van der Waals surface area (Å²) in [4.78, 5) is 57.5. The first-order chi connectivity index (χ1) is 22.2. The Labute approximate surface area is 269 Å². The number of rotatable bonds is 6. The standard InChI is InChI=1S/C16H16N2O3.C8H7N3OS.2C2HF3O2/c17-10-12-5-4-6-13(9-12)16(21)18(11-15(19)20)14-7-2-1-3-8-14;9-7(12)4-1-2-5-6(3-4)13-8(10)11-5;2*3-2(4,5)1(6)7/h1-9H,10-11,17H2,(H,19,20);1-3H,(H2,9,12)(H2,10,11);2*(H,6,7). The molecule has 1 heterocycles. The molecule has 48 heavy (non-hydrogen) atoms. The Morgan fingerprint density at radius 1 is 0.771 bits per heavy atom. The van der Waals surface area contributed by atoms with Crippen molar-refractivity contribution >= 4 is 62.1 Å². The zero-order valence-corrected chi connectivity index (χ0v) is 24.8. The molecule has 1 aromatic heterocycles. The summed E-state index contributed by atoms with van der Waals surface area (Å²) >= 11 is 1.34. The van der Waals surface area contributed by atoms with Crippen molar-refractivity contribution < 1.29 is 65.6 Å². The van der Waals surface area contributed by atoms with Gasteiger partial charge in [0.15, 0.2) is 5.13 Å². The number of amides is 2. The topological polar surface area (TPSA) is 240 Å². The van der Waals surface area contributed by atoms with Gasteiger partial charge in [-0.1, -0.05) is 41.7 Å². The number of nitrogens with two attached hydrogens (primary N) is 3. The van der Waals surface area contributed by atoms with Gasteiger partial charge in [-0.05, 0) is 48.0 Å². The zero-order chi connectivity index (χ0) is 36.8. The molecule has 0 bridgehead atoms. The molecule has 0 saturated heterocycles. The van der Waals surface area contributed by atoms with Crippen LogP contribution in [0.15, 0.2) is 72.8 Å². The smallest absolute Gasteiger partial charge is 0.480 e. The van der Waals surface area contributed by atoms with E-state index in [-0.39, 0.29) is 5.91 Å². The van der Waals surface area contributed by atoms with Gasteiger partial charge in [0.05, 0.1) is 10.2 Å². The zero-order valence-electron chi connectivity index (χ0n) is 24.0. The SMILES string of the molecule is NC(=O)c1ccc2nc(N)sc2c1.NCc1cccc(C(=O)N(CC(=O)O)c2ccccc2)c1.O=C(O)C(F)(F)F.O=C(O)C(F)(F)F. The van der Waals surface area contributed by atoms with Crippen molar-refractivity contribution in [2.45, 2.75) is 18.9 Å². The van der Waals surface area contributed by atoms with E-state index in [1.807, 2.05) is 12.1 Å². The van der Waals surface area contributed by atoms with Crippen LogP contribution in [-0.2, 0) is 20.9 Å². The fourth-order valence-electron chi connectivity index (χ4n) is 3.11. The summed E-state index contributed by atoms with van der Waals surface area (Å²) < 4.78 is 64.4. The van der Waals surface area contributed by atoms with E-state index >= 15 is 0 Å². The molecule has 13 nitrogen and oxygen atoms in total. The van der Waals surface area contributed by atoms with Crippen LogP contribution in [0.5, 0.6) is 0 Å². The number of para-hydroxylation sites is 1. The largest absolute Gasteiger partial charge is 0.490 e. The van der Waals surface area contributed by atoms with Crippen LogP contribution in [0.25, 0.3) is 10.2 Å². The average molecular weight is 706 g/mol. The maximum atomic E-state index is 12.6. The number of anilines is 2. The molecule has 0 aliphatic heterocycles. The molecule has 9 N–H and O–H groups in total.